The Hall–Kier alpha value is -1.89. The van der Waals surface area contributed by atoms with Gasteiger partial charge in [0, 0.05) is 17.3 Å². The molecule has 25 heavy (non-hydrogen) atoms. The Morgan fingerprint density at radius 1 is 1.12 bits per heavy atom. The van der Waals surface area contributed by atoms with Gasteiger partial charge in [-0.25, -0.2) is 8.42 Å². The molecule has 1 N–H and O–H groups in total. The summed E-state index contributed by atoms with van der Waals surface area (Å²) in [5.41, 5.74) is 2.34. The first-order chi connectivity index (χ1) is 11.8. The fourth-order valence-corrected chi connectivity index (χ4v) is 3.30. The summed E-state index contributed by atoms with van der Waals surface area (Å²) in [7, 11) is -3.49. The highest BCUT2D eigenvalue weighted by atomic mass is 35.5. The molecule has 2 aromatic carbocycles. The van der Waals surface area contributed by atoms with E-state index < -0.39 is 15.9 Å². The van der Waals surface area contributed by atoms with Crippen LogP contribution in [0.4, 0.5) is 5.69 Å². The number of carbonyl (C=O) groups excluding carboxylic acids is 1. The SMILES string of the molecule is Cc1c(Cl)cccc1NC(=O)CN(CCc1ccccc1)S(C)(=O)=O. The maximum absolute atomic E-state index is 12.3. The van der Waals surface area contributed by atoms with Gasteiger partial charge in [-0.1, -0.05) is 48.0 Å². The Kier molecular flexibility index (Phi) is 6.58. The fraction of sp³-hybridized carbons (Fsp3) is 0.278. The van der Waals surface area contributed by atoms with E-state index in [9.17, 15) is 13.2 Å². The second-order valence-electron chi connectivity index (χ2n) is 5.79. The molecule has 134 valence electrons. The molecule has 5 nitrogen and oxygen atoms in total. The van der Waals surface area contributed by atoms with Crippen molar-refractivity contribution in [3.05, 3.63) is 64.7 Å². The Morgan fingerprint density at radius 2 is 1.80 bits per heavy atom. The molecule has 0 fully saturated rings. The van der Waals surface area contributed by atoms with E-state index in [4.69, 9.17) is 11.6 Å². The standard InChI is InChI=1S/C18H21ClN2O3S/c1-14-16(19)9-6-10-17(14)20-18(22)13-21(25(2,23)24)12-11-15-7-4-3-5-8-15/h3-10H,11-13H2,1-2H3,(H,20,22). The maximum atomic E-state index is 12.3. The van der Waals surface area contributed by atoms with Crippen LogP contribution in [-0.4, -0.2) is 38.0 Å². The van der Waals surface area contributed by atoms with E-state index in [1.807, 2.05) is 30.3 Å². The zero-order chi connectivity index (χ0) is 18.4. The molecule has 0 bridgehead atoms. The summed E-state index contributed by atoms with van der Waals surface area (Å²) in [6.07, 6.45) is 1.65. The number of nitrogens with one attached hydrogen (secondary N) is 1. The highest BCUT2D eigenvalue weighted by Crippen LogP contribution is 2.22. The van der Waals surface area contributed by atoms with Crippen LogP contribution in [0.1, 0.15) is 11.1 Å². The lowest BCUT2D eigenvalue weighted by molar-refractivity contribution is -0.116. The van der Waals surface area contributed by atoms with E-state index in [-0.39, 0.29) is 13.1 Å². The third-order valence-corrected chi connectivity index (χ3v) is 5.48. The van der Waals surface area contributed by atoms with E-state index in [1.54, 1.807) is 25.1 Å². The quantitative estimate of drug-likeness (QED) is 0.802. The van der Waals surface area contributed by atoms with Gasteiger partial charge in [-0.3, -0.25) is 4.79 Å². The fourth-order valence-electron chi connectivity index (χ4n) is 2.35. The Labute approximate surface area is 153 Å². The van der Waals surface area contributed by atoms with Crippen molar-refractivity contribution >= 4 is 33.2 Å². The van der Waals surface area contributed by atoms with Crippen LogP contribution in [0.5, 0.6) is 0 Å². The van der Waals surface area contributed by atoms with Gasteiger partial charge in [-0.2, -0.15) is 4.31 Å². The average Bonchev–Trinajstić information content (AvgIpc) is 2.55. The molecule has 0 saturated heterocycles. The molecular weight excluding hydrogens is 360 g/mol. The average molecular weight is 381 g/mol. The minimum Gasteiger partial charge on any atom is -0.325 e. The molecule has 0 heterocycles. The summed E-state index contributed by atoms with van der Waals surface area (Å²) < 4.78 is 25.1. The monoisotopic (exact) mass is 380 g/mol. The summed E-state index contributed by atoms with van der Waals surface area (Å²) >= 11 is 6.04. The second kappa shape index (κ2) is 8.47. The third kappa shape index (κ3) is 5.85. The molecule has 0 spiro atoms. The summed E-state index contributed by atoms with van der Waals surface area (Å²) in [5.74, 6) is -0.399. The first-order valence-electron chi connectivity index (χ1n) is 7.81. The van der Waals surface area contributed by atoms with Gasteiger partial charge in [0.2, 0.25) is 15.9 Å². The van der Waals surface area contributed by atoms with E-state index in [1.165, 1.54) is 4.31 Å². The first-order valence-corrected chi connectivity index (χ1v) is 10.0. The van der Waals surface area contributed by atoms with E-state index in [0.717, 1.165) is 17.4 Å². The highest BCUT2D eigenvalue weighted by Gasteiger charge is 2.20. The smallest absolute Gasteiger partial charge is 0.239 e. The van der Waals surface area contributed by atoms with Gasteiger partial charge in [-0.15, -0.1) is 0 Å². The van der Waals surface area contributed by atoms with Crippen LogP contribution in [0.15, 0.2) is 48.5 Å². The molecule has 2 rings (SSSR count). The summed E-state index contributed by atoms with van der Waals surface area (Å²) in [4.78, 5) is 12.3. The molecule has 7 heteroatoms. The van der Waals surface area contributed by atoms with Crippen molar-refractivity contribution in [1.29, 1.82) is 0 Å². The first kappa shape index (κ1) is 19.4. The van der Waals surface area contributed by atoms with Crippen molar-refractivity contribution in [3.8, 4) is 0 Å². The number of sulfonamides is 1. The van der Waals surface area contributed by atoms with Crippen LogP contribution in [0.3, 0.4) is 0 Å². The van der Waals surface area contributed by atoms with Crippen LogP contribution in [-0.2, 0) is 21.2 Å². The van der Waals surface area contributed by atoms with Crippen molar-refractivity contribution < 1.29 is 13.2 Å². The van der Waals surface area contributed by atoms with Gasteiger partial charge >= 0.3 is 0 Å². The van der Waals surface area contributed by atoms with Crippen molar-refractivity contribution in [2.45, 2.75) is 13.3 Å². The van der Waals surface area contributed by atoms with Crippen LogP contribution >= 0.6 is 11.6 Å². The summed E-state index contributed by atoms with van der Waals surface area (Å²) in [5, 5.41) is 3.27. The van der Waals surface area contributed by atoms with Crippen molar-refractivity contribution in [2.24, 2.45) is 0 Å². The van der Waals surface area contributed by atoms with Crippen LogP contribution < -0.4 is 5.32 Å². The maximum Gasteiger partial charge on any atom is 0.239 e. The van der Waals surface area contributed by atoms with E-state index in [2.05, 4.69) is 5.32 Å². The minimum atomic E-state index is -3.49. The number of rotatable bonds is 7. The van der Waals surface area contributed by atoms with Crippen LogP contribution in [0, 0.1) is 6.92 Å². The molecule has 0 aliphatic carbocycles. The van der Waals surface area contributed by atoms with Crippen LogP contribution in [0.2, 0.25) is 5.02 Å². The largest absolute Gasteiger partial charge is 0.325 e. The van der Waals surface area contributed by atoms with Gasteiger partial charge in [0.05, 0.1) is 12.8 Å². The molecule has 0 aromatic heterocycles. The lowest BCUT2D eigenvalue weighted by atomic mass is 10.1. The lowest BCUT2D eigenvalue weighted by Gasteiger charge is -2.20. The predicted molar refractivity (Wildman–Crippen MR) is 101 cm³/mol. The Bertz CT molecular complexity index is 839. The molecule has 0 radical (unpaired) electrons. The van der Waals surface area contributed by atoms with Crippen molar-refractivity contribution in [1.82, 2.24) is 4.31 Å². The number of benzene rings is 2. The van der Waals surface area contributed by atoms with E-state index in [0.29, 0.717) is 17.1 Å². The number of amides is 1. The number of nitrogens with zero attached hydrogens (tertiary/aromatic N) is 1. The molecule has 2 aromatic rings. The Balaban J connectivity index is 2.04. The normalized spacial score (nSPS) is 11.5. The highest BCUT2D eigenvalue weighted by molar-refractivity contribution is 7.88. The molecule has 0 saturated carbocycles. The Morgan fingerprint density at radius 3 is 2.44 bits per heavy atom. The van der Waals surface area contributed by atoms with Crippen LogP contribution in [0.25, 0.3) is 0 Å². The molecule has 0 unspecified atom stereocenters. The van der Waals surface area contributed by atoms with Crippen molar-refractivity contribution in [3.63, 3.8) is 0 Å². The number of carbonyl (C=O) groups is 1. The summed E-state index contributed by atoms with van der Waals surface area (Å²) in [6.45, 7) is 1.80. The topological polar surface area (TPSA) is 66.5 Å². The summed E-state index contributed by atoms with van der Waals surface area (Å²) in [6, 6.07) is 14.7. The second-order valence-corrected chi connectivity index (χ2v) is 8.18. The zero-order valence-electron chi connectivity index (χ0n) is 14.2. The lowest BCUT2D eigenvalue weighted by Crippen LogP contribution is -2.38. The zero-order valence-corrected chi connectivity index (χ0v) is 15.8. The number of halogens is 1. The predicted octanol–water partition coefficient (Wildman–Crippen LogP) is 3.09. The molecule has 0 aliphatic heterocycles. The van der Waals surface area contributed by atoms with Gasteiger partial charge in [0.25, 0.3) is 0 Å². The number of hydrogen-bond donors (Lipinski definition) is 1. The molecular formula is C18H21ClN2O3S. The van der Waals surface area contributed by atoms with E-state index >= 15 is 0 Å². The molecule has 0 aliphatic rings. The van der Waals surface area contributed by atoms with Gasteiger partial charge in [0.15, 0.2) is 0 Å². The molecule has 1 amide bonds. The van der Waals surface area contributed by atoms with Crippen molar-refractivity contribution in [2.75, 3.05) is 24.7 Å². The molecule has 0 atom stereocenters. The third-order valence-electron chi connectivity index (χ3n) is 3.82. The van der Waals surface area contributed by atoms with Gasteiger partial charge in [-0.05, 0) is 36.6 Å². The van der Waals surface area contributed by atoms with Gasteiger partial charge in [0.1, 0.15) is 0 Å². The van der Waals surface area contributed by atoms with Gasteiger partial charge < -0.3 is 5.32 Å². The number of hydrogen-bond acceptors (Lipinski definition) is 3. The number of anilines is 1. The minimum absolute atomic E-state index is 0.238.